The zero-order chi connectivity index (χ0) is 12.2. The summed E-state index contributed by atoms with van der Waals surface area (Å²) < 4.78 is 14.1. The fourth-order valence-electron chi connectivity index (χ4n) is 1.42. The molecular formula is C12H17BrFNO. The third-order valence-electron chi connectivity index (χ3n) is 2.87. The molecule has 1 rings (SSSR count). The summed E-state index contributed by atoms with van der Waals surface area (Å²) in [5.74, 6) is -0.316. The van der Waals surface area contributed by atoms with Crippen LogP contribution in [0.3, 0.4) is 0 Å². The Bertz CT molecular complexity index is 333. The third kappa shape index (κ3) is 3.19. The van der Waals surface area contributed by atoms with Crippen LogP contribution in [-0.4, -0.2) is 17.3 Å². The molecule has 0 aliphatic carbocycles. The highest BCUT2D eigenvalue weighted by Crippen LogP contribution is 2.26. The quantitative estimate of drug-likeness (QED) is 0.869. The lowest BCUT2D eigenvalue weighted by Crippen LogP contribution is -2.35. The smallest absolute Gasteiger partial charge is 0.147 e. The highest BCUT2D eigenvalue weighted by Gasteiger charge is 2.22. The van der Waals surface area contributed by atoms with Gasteiger partial charge in [-0.1, -0.05) is 19.9 Å². The topological polar surface area (TPSA) is 32.3 Å². The van der Waals surface area contributed by atoms with Gasteiger partial charge < -0.3 is 10.4 Å². The zero-order valence-corrected chi connectivity index (χ0v) is 11.1. The molecule has 0 saturated carbocycles. The van der Waals surface area contributed by atoms with E-state index >= 15 is 0 Å². The maximum atomic E-state index is 13.5. The van der Waals surface area contributed by atoms with Gasteiger partial charge in [0.05, 0.1) is 11.3 Å². The Labute approximate surface area is 104 Å². The van der Waals surface area contributed by atoms with Crippen molar-refractivity contribution in [2.24, 2.45) is 0 Å². The van der Waals surface area contributed by atoms with Gasteiger partial charge >= 0.3 is 0 Å². The van der Waals surface area contributed by atoms with Crippen LogP contribution in [0.1, 0.15) is 26.7 Å². The van der Waals surface area contributed by atoms with Crippen molar-refractivity contribution in [1.82, 2.24) is 0 Å². The van der Waals surface area contributed by atoms with Gasteiger partial charge in [0.1, 0.15) is 5.82 Å². The number of halogens is 2. The van der Waals surface area contributed by atoms with Crippen molar-refractivity contribution in [2.45, 2.75) is 32.3 Å². The van der Waals surface area contributed by atoms with E-state index in [4.69, 9.17) is 0 Å². The first-order valence-electron chi connectivity index (χ1n) is 5.42. The lowest BCUT2D eigenvalue weighted by molar-refractivity contribution is 0.0456. The van der Waals surface area contributed by atoms with E-state index in [0.717, 1.165) is 0 Å². The van der Waals surface area contributed by atoms with Crippen LogP contribution in [-0.2, 0) is 0 Å². The van der Waals surface area contributed by atoms with Crippen molar-refractivity contribution in [3.8, 4) is 0 Å². The Balaban J connectivity index is 2.75. The van der Waals surface area contributed by atoms with Crippen molar-refractivity contribution in [1.29, 1.82) is 0 Å². The Morgan fingerprint density at radius 3 is 2.50 bits per heavy atom. The molecule has 0 amide bonds. The fraction of sp³-hybridized carbons (Fsp3) is 0.500. The molecule has 0 radical (unpaired) electrons. The standard InChI is InChI=1S/C12H17BrFNO/c1-3-12(16,4-2)8-15-11-9(13)6-5-7-10(11)14/h5-7,15-16H,3-4,8H2,1-2H3. The third-order valence-corrected chi connectivity index (χ3v) is 3.53. The van der Waals surface area contributed by atoms with Crippen molar-refractivity contribution in [3.05, 3.63) is 28.5 Å². The lowest BCUT2D eigenvalue weighted by atomic mass is 9.97. The Kier molecular flexibility index (Phi) is 4.74. The first-order valence-corrected chi connectivity index (χ1v) is 6.22. The molecular weight excluding hydrogens is 273 g/mol. The number of aliphatic hydroxyl groups is 1. The SMILES string of the molecule is CCC(O)(CC)CNc1c(F)cccc1Br. The van der Waals surface area contributed by atoms with Gasteiger partial charge in [0.15, 0.2) is 0 Å². The molecule has 0 heterocycles. The fourth-order valence-corrected chi connectivity index (χ4v) is 1.90. The Morgan fingerprint density at radius 2 is 2.00 bits per heavy atom. The summed E-state index contributed by atoms with van der Waals surface area (Å²) in [6, 6.07) is 4.79. The normalized spacial score (nSPS) is 11.6. The zero-order valence-electron chi connectivity index (χ0n) is 9.56. The van der Waals surface area contributed by atoms with Gasteiger partial charge in [-0.05, 0) is 40.9 Å². The first kappa shape index (κ1) is 13.5. The number of hydrogen-bond acceptors (Lipinski definition) is 2. The minimum Gasteiger partial charge on any atom is -0.388 e. The number of rotatable bonds is 5. The molecule has 0 unspecified atom stereocenters. The predicted octanol–water partition coefficient (Wildman–Crippen LogP) is 3.55. The molecule has 4 heteroatoms. The summed E-state index contributed by atoms with van der Waals surface area (Å²) in [6.45, 7) is 4.18. The maximum absolute atomic E-state index is 13.5. The van der Waals surface area contributed by atoms with E-state index in [2.05, 4.69) is 21.2 Å². The molecule has 1 aromatic rings. The summed E-state index contributed by atoms with van der Waals surface area (Å²) in [5, 5.41) is 13.0. The molecule has 0 saturated heterocycles. The molecule has 0 aliphatic heterocycles. The highest BCUT2D eigenvalue weighted by molar-refractivity contribution is 9.10. The monoisotopic (exact) mass is 289 g/mol. The first-order chi connectivity index (χ1) is 7.52. The van der Waals surface area contributed by atoms with E-state index in [0.29, 0.717) is 29.5 Å². The average Bonchev–Trinajstić information content (AvgIpc) is 2.28. The van der Waals surface area contributed by atoms with Gasteiger partial charge in [0.25, 0.3) is 0 Å². The van der Waals surface area contributed by atoms with E-state index in [1.807, 2.05) is 13.8 Å². The lowest BCUT2D eigenvalue weighted by Gasteiger charge is -2.26. The molecule has 16 heavy (non-hydrogen) atoms. The van der Waals surface area contributed by atoms with Crippen LogP contribution in [0.15, 0.2) is 22.7 Å². The van der Waals surface area contributed by atoms with E-state index in [1.165, 1.54) is 6.07 Å². The number of hydrogen-bond donors (Lipinski definition) is 2. The predicted molar refractivity (Wildman–Crippen MR) is 68.1 cm³/mol. The molecule has 1 aromatic carbocycles. The summed E-state index contributed by atoms with van der Waals surface area (Å²) >= 11 is 3.27. The highest BCUT2D eigenvalue weighted by atomic mass is 79.9. The molecule has 2 N–H and O–H groups in total. The summed E-state index contributed by atoms with van der Waals surface area (Å²) in [7, 11) is 0. The molecule has 90 valence electrons. The molecule has 0 aliphatic rings. The van der Waals surface area contributed by atoms with Crippen LogP contribution in [0, 0.1) is 5.82 Å². The molecule has 2 nitrogen and oxygen atoms in total. The van der Waals surface area contributed by atoms with Crippen LogP contribution in [0.2, 0.25) is 0 Å². The Hall–Kier alpha value is -0.610. The van der Waals surface area contributed by atoms with E-state index in [9.17, 15) is 9.50 Å². The summed E-state index contributed by atoms with van der Waals surface area (Å²) in [5.41, 5.74) is -0.371. The second-order valence-electron chi connectivity index (χ2n) is 3.88. The van der Waals surface area contributed by atoms with Gasteiger partial charge in [-0.2, -0.15) is 0 Å². The van der Waals surface area contributed by atoms with E-state index < -0.39 is 5.60 Å². The number of benzene rings is 1. The average molecular weight is 290 g/mol. The number of anilines is 1. The Morgan fingerprint density at radius 1 is 1.38 bits per heavy atom. The van der Waals surface area contributed by atoms with Gasteiger partial charge in [0.2, 0.25) is 0 Å². The van der Waals surface area contributed by atoms with E-state index in [1.54, 1.807) is 12.1 Å². The van der Waals surface area contributed by atoms with Gasteiger partial charge in [-0.3, -0.25) is 0 Å². The van der Waals surface area contributed by atoms with Crippen LogP contribution in [0.25, 0.3) is 0 Å². The van der Waals surface area contributed by atoms with Crippen molar-refractivity contribution in [3.63, 3.8) is 0 Å². The minimum atomic E-state index is -0.776. The molecule has 0 aromatic heterocycles. The second-order valence-corrected chi connectivity index (χ2v) is 4.74. The molecule has 0 bridgehead atoms. The second kappa shape index (κ2) is 5.64. The molecule has 0 atom stereocenters. The van der Waals surface area contributed by atoms with Crippen LogP contribution < -0.4 is 5.32 Å². The van der Waals surface area contributed by atoms with Gasteiger partial charge in [-0.15, -0.1) is 0 Å². The van der Waals surface area contributed by atoms with Crippen molar-refractivity contribution >= 4 is 21.6 Å². The summed E-state index contributed by atoms with van der Waals surface area (Å²) in [4.78, 5) is 0. The molecule has 0 fully saturated rings. The van der Waals surface area contributed by atoms with Crippen LogP contribution >= 0.6 is 15.9 Å². The van der Waals surface area contributed by atoms with Crippen LogP contribution in [0.5, 0.6) is 0 Å². The maximum Gasteiger partial charge on any atom is 0.147 e. The van der Waals surface area contributed by atoms with Crippen molar-refractivity contribution in [2.75, 3.05) is 11.9 Å². The van der Waals surface area contributed by atoms with Gasteiger partial charge in [-0.25, -0.2) is 4.39 Å². The largest absolute Gasteiger partial charge is 0.388 e. The summed E-state index contributed by atoms with van der Waals surface area (Å²) in [6.07, 6.45) is 1.28. The number of nitrogens with one attached hydrogen (secondary N) is 1. The minimum absolute atomic E-state index is 0.316. The van der Waals surface area contributed by atoms with Crippen LogP contribution in [0.4, 0.5) is 10.1 Å². The van der Waals surface area contributed by atoms with E-state index in [-0.39, 0.29) is 5.82 Å². The van der Waals surface area contributed by atoms with Gasteiger partial charge in [0, 0.05) is 11.0 Å². The molecule has 0 spiro atoms. The van der Waals surface area contributed by atoms with Crippen molar-refractivity contribution < 1.29 is 9.50 Å². The number of para-hydroxylation sites is 1.